The molecule has 2 heterocycles. The Balaban J connectivity index is 1.76. The second kappa shape index (κ2) is 8.97. The molecule has 2 atom stereocenters. The normalized spacial score (nSPS) is 18.2. The van der Waals surface area contributed by atoms with Crippen LogP contribution in [0.15, 0.2) is 33.5 Å². The van der Waals surface area contributed by atoms with E-state index >= 15 is 0 Å². The topological polar surface area (TPSA) is 92.7 Å². The monoisotopic (exact) mass is 444 g/mol. The second-order valence-corrected chi connectivity index (χ2v) is 9.60. The van der Waals surface area contributed by atoms with E-state index in [-0.39, 0.29) is 11.2 Å². The zero-order valence-corrected chi connectivity index (χ0v) is 17.5. The van der Waals surface area contributed by atoms with Gasteiger partial charge in [0.05, 0.1) is 10.8 Å². The highest BCUT2D eigenvalue weighted by molar-refractivity contribution is 8.13. The van der Waals surface area contributed by atoms with E-state index in [1.807, 2.05) is 0 Å². The molecule has 1 saturated heterocycles. The molecule has 3 rings (SSSR count). The first-order valence-corrected chi connectivity index (χ1v) is 11.2. The number of hydrogen-bond acceptors (Lipinski definition) is 8. The Morgan fingerprint density at radius 3 is 2.79 bits per heavy atom. The molecule has 0 aliphatic carbocycles. The van der Waals surface area contributed by atoms with Crippen molar-refractivity contribution in [3.8, 4) is 0 Å². The molecule has 0 bridgehead atoms. The molecule has 1 aliphatic heterocycles. The molecule has 1 fully saturated rings. The smallest absolute Gasteiger partial charge is 0.374 e. The molecule has 2 unspecified atom stereocenters. The number of carbonyl (C=O) groups is 2. The minimum absolute atomic E-state index is 0.220. The van der Waals surface area contributed by atoms with Gasteiger partial charge in [-0.1, -0.05) is 18.3 Å². The van der Waals surface area contributed by atoms with Crippen LogP contribution >= 0.6 is 23.1 Å². The summed E-state index contributed by atoms with van der Waals surface area (Å²) in [4.78, 5) is 28.2. The van der Waals surface area contributed by atoms with Gasteiger partial charge in [-0.15, -0.1) is 10.2 Å². The average Bonchev–Trinajstić information content (AvgIpc) is 3.16. The number of carbonyl (C=O) groups excluding carboxylic acids is 2. The first-order valence-electron chi connectivity index (χ1n) is 8.29. The molecule has 2 amide bonds. The van der Waals surface area contributed by atoms with Gasteiger partial charge in [-0.05, 0) is 36.0 Å². The zero-order valence-electron chi connectivity index (χ0n) is 15.0. The highest BCUT2D eigenvalue weighted by Gasteiger charge is 2.37. The van der Waals surface area contributed by atoms with Crippen molar-refractivity contribution >= 4 is 50.4 Å². The third kappa shape index (κ3) is 4.67. The minimum Gasteiger partial charge on any atom is -0.433 e. The molecule has 1 aromatic heterocycles. The number of nitrogens with zero attached hydrogens (tertiary/aromatic N) is 4. The number of urea groups is 1. The lowest BCUT2D eigenvalue weighted by Gasteiger charge is -2.37. The Bertz CT molecular complexity index is 892. The molecule has 0 N–H and O–H groups in total. The highest BCUT2D eigenvalue weighted by Crippen LogP contribution is 2.31. The molecule has 1 aromatic carbocycles. The van der Waals surface area contributed by atoms with Crippen LogP contribution in [0.25, 0.3) is 0 Å². The molecule has 28 heavy (non-hydrogen) atoms. The Morgan fingerprint density at radius 1 is 1.39 bits per heavy atom. The van der Waals surface area contributed by atoms with Gasteiger partial charge in [-0.2, -0.15) is 0 Å². The molecular formula is C16H17FN4O4S3. The number of aromatic nitrogens is 2. The van der Waals surface area contributed by atoms with Crippen LogP contribution in [0.2, 0.25) is 0 Å². The number of ether oxygens (including phenoxy) is 1. The Labute approximate surface area is 171 Å². The van der Waals surface area contributed by atoms with Gasteiger partial charge in [0.2, 0.25) is 9.47 Å². The van der Waals surface area contributed by atoms with Crippen LogP contribution in [0.3, 0.4) is 0 Å². The number of anilines is 1. The number of rotatable bonds is 5. The fourth-order valence-electron chi connectivity index (χ4n) is 2.40. The van der Waals surface area contributed by atoms with Gasteiger partial charge < -0.3 is 9.64 Å². The SMILES string of the molecule is CCS(=O)c1nnc(N2C(=O)N(C)CCC2OC(=O)Sc2ccc(F)cc2)s1. The van der Waals surface area contributed by atoms with Crippen molar-refractivity contribution < 1.29 is 22.9 Å². The average molecular weight is 445 g/mol. The summed E-state index contributed by atoms with van der Waals surface area (Å²) >= 11 is 1.83. The number of halogens is 1. The summed E-state index contributed by atoms with van der Waals surface area (Å²) in [6.45, 7) is 2.16. The van der Waals surface area contributed by atoms with Crippen LogP contribution in [0.1, 0.15) is 13.3 Å². The predicted molar refractivity (Wildman–Crippen MR) is 105 cm³/mol. The van der Waals surface area contributed by atoms with E-state index in [9.17, 15) is 18.2 Å². The third-order valence-corrected chi connectivity index (χ3v) is 7.13. The Morgan fingerprint density at radius 2 is 2.11 bits per heavy atom. The van der Waals surface area contributed by atoms with E-state index in [1.54, 1.807) is 14.0 Å². The predicted octanol–water partition coefficient (Wildman–Crippen LogP) is 3.32. The second-order valence-electron chi connectivity index (χ2n) is 5.73. The molecule has 0 radical (unpaired) electrons. The van der Waals surface area contributed by atoms with Gasteiger partial charge in [0.25, 0.3) is 0 Å². The van der Waals surface area contributed by atoms with Crippen molar-refractivity contribution in [3.63, 3.8) is 0 Å². The van der Waals surface area contributed by atoms with Crippen molar-refractivity contribution in [2.45, 2.75) is 28.8 Å². The summed E-state index contributed by atoms with van der Waals surface area (Å²) in [5.41, 5.74) is 0. The van der Waals surface area contributed by atoms with Crippen LogP contribution < -0.4 is 4.90 Å². The fraction of sp³-hybridized carbons (Fsp3) is 0.375. The number of thioether (sulfide) groups is 1. The van der Waals surface area contributed by atoms with Crippen molar-refractivity contribution in [2.24, 2.45) is 0 Å². The summed E-state index contributed by atoms with van der Waals surface area (Å²) in [5.74, 6) is -0.0174. The Hall–Kier alpha value is -2.05. The molecule has 150 valence electrons. The molecule has 12 heteroatoms. The summed E-state index contributed by atoms with van der Waals surface area (Å²) in [7, 11) is 0.338. The molecule has 0 spiro atoms. The van der Waals surface area contributed by atoms with Crippen LogP contribution in [-0.2, 0) is 15.5 Å². The van der Waals surface area contributed by atoms with Gasteiger partial charge in [0, 0.05) is 30.7 Å². The Kier molecular flexibility index (Phi) is 6.62. The van der Waals surface area contributed by atoms with Crippen molar-refractivity contribution in [1.29, 1.82) is 0 Å². The summed E-state index contributed by atoms with van der Waals surface area (Å²) in [6, 6.07) is 5.04. The summed E-state index contributed by atoms with van der Waals surface area (Å²) in [5, 5.41) is 7.44. The van der Waals surface area contributed by atoms with Gasteiger partial charge >= 0.3 is 11.3 Å². The summed E-state index contributed by atoms with van der Waals surface area (Å²) < 4.78 is 30.7. The maximum Gasteiger partial charge on any atom is 0.374 e. The van der Waals surface area contributed by atoms with E-state index in [4.69, 9.17) is 4.74 Å². The van der Waals surface area contributed by atoms with Crippen molar-refractivity contribution in [1.82, 2.24) is 15.1 Å². The molecule has 2 aromatic rings. The lowest BCUT2D eigenvalue weighted by Crippen LogP contribution is -2.54. The largest absolute Gasteiger partial charge is 0.433 e. The number of benzene rings is 1. The van der Waals surface area contributed by atoms with E-state index in [0.29, 0.717) is 28.0 Å². The van der Waals surface area contributed by atoms with Crippen LogP contribution in [-0.4, -0.2) is 56.2 Å². The van der Waals surface area contributed by atoms with Crippen LogP contribution in [0, 0.1) is 5.82 Å². The lowest BCUT2D eigenvalue weighted by molar-refractivity contribution is 0.0928. The molecule has 1 aliphatic rings. The van der Waals surface area contributed by atoms with Crippen molar-refractivity contribution in [3.05, 3.63) is 30.1 Å². The van der Waals surface area contributed by atoms with Crippen LogP contribution in [0.4, 0.5) is 19.1 Å². The number of amides is 2. The first kappa shape index (κ1) is 20.7. The first-order chi connectivity index (χ1) is 13.4. The van der Waals surface area contributed by atoms with E-state index in [2.05, 4.69) is 10.2 Å². The van der Waals surface area contributed by atoms with E-state index < -0.39 is 28.1 Å². The third-order valence-electron chi connectivity index (χ3n) is 3.84. The zero-order chi connectivity index (χ0) is 20.3. The maximum atomic E-state index is 13.0. The highest BCUT2D eigenvalue weighted by atomic mass is 32.2. The molecule has 0 saturated carbocycles. The maximum absolute atomic E-state index is 13.0. The lowest BCUT2D eigenvalue weighted by atomic mass is 10.3. The van der Waals surface area contributed by atoms with Gasteiger partial charge in [-0.3, -0.25) is 4.21 Å². The molecule has 8 nitrogen and oxygen atoms in total. The summed E-state index contributed by atoms with van der Waals surface area (Å²) in [6.07, 6.45) is -0.482. The number of hydrogen-bond donors (Lipinski definition) is 0. The quantitative estimate of drug-likeness (QED) is 0.397. The standard InChI is InChI=1S/C16H17FN4O4S3/c1-3-28(24)14-19-18-13(27-14)21-12(8-9-20(2)15(21)22)25-16(23)26-11-6-4-10(17)5-7-11/h4-7,12H,3,8-9H2,1-2H3. The van der Waals surface area contributed by atoms with Gasteiger partial charge in [0.1, 0.15) is 5.82 Å². The van der Waals surface area contributed by atoms with Gasteiger partial charge in [0.15, 0.2) is 6.23 Å². The van der Waals surface area contributed by atoms with Crippen molar-refractivity contribution in [2.75, 3.05) is 24.2 Å². The van der Waals surface area contributed by atoms with Gasteiger partial charge in [-0.25, -0.2) is 18.9 Å². The van der Waals surface area contributed by atoms with Crippen LogP contribution in [0.5, 0.6) is 0 Å². The minimum atomic E-state index is -1.29. The fourth-order valence-corrected chi connectivity index (χ4v) is 4.97. The molecular weight excluding hydrogens is 427 g/mol. The van der Waals surface area contributed by atoms with E-state index in [0.717, 1.165) is 23.1 Å². The van der Waals surface area contributed by atoms with E-state index in [1.165, 1.54) is 34.1 Å².